The van der Waals surface area contributed by atoms with Crippen LogP contribution in [0.1, 0.15) is 58.3 Å². The number of alkyl halides is 1. The van der Waals surface area contributed by atoms with E-state index in [1.807, 2.05) is 58.9 Å². The van der Waals surface area contributed by atoms with Crippen LogP contribution >= 0.6 is 22.6 Å². The SMILES string of the molecule is Cc1ccc(O)c(Cn2c(NC3CCN(CCNC(=O)C(C)(C)CCOC(C)(C)I)CC3)nc3ccccc32)n1. The average molecular weight is 663 g/mol. The van der Waals surface area contributed by atoms with Gasteiger partial charge in [-0.3, -0.25) is 9.78 Å². The number of aromatic nitrogens is 3. The number of nitrogens with zero attached hydrogens (tertiary/aromatic N) is 4. The molecule has 1 aromatic carbocycles. The van der Waals surface area contributed by atoms with E-state index < -0.39 is 5.41 Å². The summed E-state index contributed by atoms with van der Waals surface area (Å²) in [5.74, 6) is 1.06. The fourth-order valence-electron chi connectivity index (χ4n) is 4.93. The molecule has 3 heterocycles. The summed E-state index contributed by atoms with van der Waals surface area (Å²) < 4.78 is 7.68. The van der Waals surface area contributed by atoms with Crippen LogP contribution in [0.25, 0.3) is 11.0 Å². The Hall–Kier alpha value is -2.44. The van der Waals surface area contributed by atoms with Gasteiger partial charge in [0.05, 0.1) is 17.6 Å². The number of amides is 1. The Morgan fingerprint density at radius 3 is 2.58 bits per heavy atom. The number of imidazole rings is 1. The van der Waals surface area contributed by atoms with E-state index in [-0.39, 0.29) is 15.3 Å². The Morgan fingerprint density at radius 1 is 1.12 bits per heavy atom. The minimum absolute atomic E-state index is 0.0759. The molecule has 1 aliphatic rings. The smallest absolute Gasteiger partial charge is 0.225 e. The largest absolute Gasteiger partial charge is 0.506 e. The number of fused-ring (bicyclic) bond motifs is 1. The lowest BCUT2D eigenvalue weighted by molar-refractivity contribution is -0.130. The number of nitrogens with one attached hydrogen (secondary N) is 2. The van der Waals surface area contributed by atoms with E-state index in [1.54, 1.807) is 6.07 Å². The van der Waals surface area contributed by atoms with Crippen LogP contribution in [0.5, 0.6) is 5.75 Å². The van der Waals surface area contributed by atoms with E-state index in [2.05, 4.69) is 53.7 Å². The van der Waals surface area contributed by atoms with Crippen LogP contribution in [-0.2, 0) is 16.1 Å². The number of rotatable bonds is 12. The van der Waals surface area contributed by atoms with Crippen molar-refractivity contribution in [3.8, 4) is 5.75 Å². The van der Waals surface area contributed by atoms with Gasteiger partial charge in [-0.1, -0.05) is 26.0 Å². The molecule has 0 unspecified atom stereocenters. The van der Waals surface area contributed by atoms with Crippen molar-refractivity contribution in [2.45, 2.75) is 70.1 Å². The van der Waals surface area contributed by atoms with Crippen molar-refractivity contribution < 1.29 is 14.6 Å². The number of ether oxygens (including phenoxy) is 1. The normalized spacial score (nSPS) is 15.4. The first kappa shape index (κ1) is 30.5. The first-order valence-electron chi connectivity index (χ1n) is 14.1. The molecule has 218 valence electrons. The highest BCUT2D eigenvalue weighted by Gasteiger charge is 2.28. The molecule has 40 heavy (non-hydrogen) atoms. The van der Waals surface area contributed by atoms with Crippen LogP contribution in [0.15, 0.2) is 36.4 Å². The highest BCUT2D eigenvalue weighted by Crippen LogP contribution is 2.27. The summed E-state index contributed by atoms with van der Waals surface area (Å²) in [5.41, 5.74) is 2.96. The third kappa shape index (κ3) is 8.29. The van der Waals surface area contributed by atoms with E-state index in [1.165, 1.54) is 0 Å². The Morgan fingerprint density at radius 2 is 1.85 bits per heavy atom. The van der Waals surface area contributed by atoms with Crippen LogP contribution in [0.2, 0.25) is 0 Å². The summed E-state index contributed by atoms with van der Waals surface area (Å²) in [6.45, 7) is 14.3. The molecule has 1 saturated heterocycles. The summed E-state index contributed by atoms with van der Waals surface area (Å²) in [7, 11) is 0. The average Bonchev–Trinajstić information content (AvgIpc) is 3.23. The number of pyridine rings is 1. The van der Waals surface area contributed by atoms with Gasteiger partial charge < -0.3 is 29.9 Å². The lowest BCUT2D eigenvalue weighted by Gasteiger charge is -2.33. The topological polar surface area (TPSA) is 105 Å². The van der Waals surface area contributed by atoms with Gasteiger partial charge in [-0.25, -0.2) is 4.98 Å². The lowest BCUT2D eigenvalue weighted by Crippen LogP contribution is -2.45. The minimum atomic E-state index is -0.463. The zero-order valence-electron chi connectivity index (χ0n) is 24.3. The van der Waals surface area contributed by atoms with Gasteiger partial charge in [0.1, 0.15) is 15.1 Å². The van der Waals surface area contributed by atoms with Crippen molar-refractivity contribution in [2.75, 3.05) is 38.1 Å². The maximum Gasteiger partial charge on any atom is 0.225 e. The number of aromatic hydroxyl groups is 1. The summed E-state index contributed by atoms with van der Waals surface area (Å²) in [4.78, 5) is 24.6. The molecule has 0 atom stereocenters. The molecule has 2 aromatic heterocycles. The third-order valence-corrected chi connectivity index (χ3v) is 7.78. The number of halogens is 1. The van der Waals surface area contributed by atoms with Crippen molar-refractivity contribution in [3.63, 3.8) is 0 Å². The van der Waals surface area contributed by atoms with Gasteiger partial charge >= 0.3 is 0 Å². The Balaban J connectivity index is 1.28. The van der Waals surface area contributed by atoms with E-state index in [0.29, 0.717) is 37.9 Å². The quantitative estimate of drug-likeness (QED) is 0.183. The fourth-order valence-corrected chi connectivity index (χ4v) is 5.15. The molecule has 0 bridgehead atoms. The van der Waals surface area contributed by atoms with Crippen molar-refractivity contribution in [2.24, 2.45) is 5.41 Å². The number of aryl methyl sites for hydroxylation is 1. The molecular formula is C30H43IN6O3. The molecule has 1 amide bonds. The van der Waals surface area contributed by atoms with Crippen molar-refractivity contribution >= 4 is 45.5 Å². The maximum absolute atomic E-state index is 12.8. The van der Waals surface area contributed by atoms with E-state index >= 15 is 0 Å². The minimum Gasteiger partial charge on any atom is -0.506 e. The Bertz CT molecular complexity index is 1290. The number of piperidine rings is 1. The summed E-state index contributed by atoms with van der Waals surface area (Å²) >= 11 is 2.26. The van der Waals surface area contributed by atoms with Gasteiger partial charge in [0.15, 0.2) is 0 Å². The summed E-state index contributed by atoms with van der Waals surface area (Å²) in [5, 5.41) is 17.2. The molecule has 1 aliphatic heterocycles. The lowest BCUT2D eigenvalue weighted by atomic mass is 9.88. The van der Waals surface area contributed by atoms with Gasteiger partial charge in [-0.05, 0) is 86.9 Å². The first-order chi connectivity index (χ1) is 18.9. The van der Waals surface area contributed by atoms with Gasteiger partial charge in [-0.2, -0.15) is 0 Å². The number of anilines is 1. The molecule has 0 aliphatic carbocycles. The molecule has 9 nitrogen and oxygen atoms in total. The maximum atomic E-state index is 12.8. The Labute approximate surface area is 251 Å². The van der Waals surface area contributed by atoms with E-state index in [4.69, 9.17) is 9.72 Å². The second-order valence-electron chi connectivity index (χ2n) is 11.8. The fraction of sp³-hybridized carbons (Fsp3) is 0.567. The molecule has 0 radical (unpaired) electrons. The molecule has 4 rings (SSSR count). The van der Waals surface area contributed by atoms with Gasteiger partial charge in [0, 0.05) is 49.9 Å². The molecule has 1 fully saturated rings. The standard InChI is InChI=1S/C30H43IN6O3/c1-21-10-11-26(38)24(33-21)20-37-25-9-7-6-8-23(25)35-28(37)34-22-12-16-36(17-13-22)18-15-32-27(39)29(2,3)14-19-40-30(4,5)31/h6-11,22,38H,12-20H2,1-5H3,(H,32,39)(H,34,35). The number of carbonyl (C=O) groups excluding carboxylic acids is 1. The summed E-state index contributed by atoms with van der Waals surface area (Å²) in [6, 6.07) is 11.9. The summed E-state index contributed by atoms with van der Waals surface area (Å²) in [6.07, 6.45) is 2.66. The number of hydrogen-bond donors (Lipinski definition) is 3. The van der Waals surface area contributed by atoms with Gasteiger partial charge in [-0.15, -0.1) is 0 Å². The number of hydrogen-bond acceptors (Lipinski definition) is 7. The van der Waals surface area contributed by atoms with E-state index in [9.17, 15) is 9.90 Å². The van der Waals surface area contributed by atoms with Crippen molar-refractivity contribution in [1.29, 1.82) is 0 Å². The second kappa shape index (κ2) is 13.0. The first-order valence-corrected chi connectivity index (χ1v) is 15.2. The van der Waals surface area contributed by atoms with Crippen molar-refractivity contribution in [1.82, 2.24) is 24.8 Å². The highest BCUT2D eigenvalue weighted by atomic mass is 127. The van der Waals surface area contributed by atoms with Gasteiger partial charge in [0.2, 0.25) is 11.9 Å². The number of para-hydroxylation sites is 2. The molecule has 0 spiro atoms. The Kier molecular flexibility index (Phi) is 9.94. The molecule has 3 N–H and O–H groups in total. The number of likely N-dealkylation sites (tertiary alicyclic amines) is 1. The zero-order chi connectivity index (χ0) is 28.9. The van der Waals surface area contributed by atoms with Crippen LogP contribution in [0.4, 0.5) is 5.95 Å². The number of benzene rings is 1. The predicted molar refractivity (Wildman–Crippen MR) is 168 cm³/mol. The van der Waals surface area contributed by atoms with Crippen LogP contribution < -0.4 is 10.6 Å². The monoisotopic (exact) mass is 662 g/mol. The van der Waals surface area contributed by atoms with Crippen LogP contribution in [0.3, 0.4) is 0 Å². The highest BCUT2D eigenvalue weighted by molar-refractivity contribution is 14.1. The van der Waals surface area contributed by atoms with Crippen molar-refractivity contribution in [3.05, 3.63) is 47.8 Å². The number of carbonyl (C=O) groups is 1. The molecule has 10 heteroatoms. The zero-order valence-corrected chi connectivity index (χ0v) is 26.5. The molecule has 0 saturated carbocycles. The predicted octanol–water partition coefficient (Wildman–Crippen LogP) is 5.09. The second-order valence-corrected chi connectivity index (χ2v) is 14.4. The third-order valence-electron chi connectivity index (χ3n) is 7.47. The van der Waals surface area contributed by atoms with E-state index in [0.717, 1.165) is 55.2 Å². The van der Waals surface area contributed by atoms with Crippen LogP contribution in [-0.4, -0.2) is 72.9 Å². The molecular weight excluding hydrogens is 619 g/mol. The molecule has 3 aromatic rings. The van der Waals surface area contributed by atoms with Crippen LogP contribution in [0, 0.1) is 12.3 Å². The van der Waals surface area contributed by atoms with Gasteiger partial charge in [0.25, 0.3) is 0 Å².